The molecule has 3 aromatic rings. The number of rotatable bonds is 4. The zero-order valence-electron chi connectivity index (χ0n) is 13.9. The molecule has 26 heavy (non-hydrogen) atoms. The van der Waals surface area contributed by atoms with Crippen molar-refractivity contribution in [3.8, 4) is 5.75 Å². The topological polar surface area (TPSA) is 113 Å². The standard InChI is InChI=1S/C18H16N4O4/c1-26-12-8-6-11(7-9-12)17(24)21-20-16(23)10-15-13-4-2-3-5-14(13)18(25)22-19-15/h2-9H,10H2,1H3,(H,20,23)(H,21,24)(H,22,25). The SMILES string of the molecule is COc1ccc(C(=O)NNC(=O)Cc2n[nH]c(=O)c3ccccc23)cc1. The third-order valence-electron chi connectivity index (χ3n) is 3.77. The van der Waals surface area contributed by atoms with Crippen LogP contribution in [0.25, 0.3) is 10.8 Å². The van der Waals surface area contributed by atoms with E-state index in [4.69, 9.17) is 4.74 Å². The molecule has 1 heterocycles. The average Bonchev–Trinajstić information content (AvgIpc) is 2.68. The van der Waals surface area contributed by atoms with E-state index in [1.165, 1.54) is 7.11 Å². The van der Waals surface area contributed by atoms with Gasteiger partial charge < -0.3 is 4.74 Å². The molecule has 8 nitrogen and oxygen atoms in total. The molecule has 0 aliphatic carbocycles. The Labute approximate surface area is 148 Å². The minimum Gasteiger partial charge on any atom is -0.497 e. The maximum Gasteiger partial charge on any atom is 0.272 e. The van der Waals surface area contributed by atoms with E-state index in [0.29, 0.717) is 27.8 Å². The second-order valence-electron chi connectivity index (χ2n) is 5.45. The molecule has 3 N–H and O–H groups in total. The van der Waals surface area contributed by atoms with Gasteiger partial charge in [0.25, 0.3) is 11.5 Å². The second kappa shape index (κ2) is 7.47. The van der Waals surface area contributed by atoms with Crippen molar-refractivity contribution in [2.75, 3.05) is 7.11 Å². The van der Waals surface area contributed by atoms with Gasteiger partial charge >= 0.3 is 0 Å². The molecule has 0 bridgehead atoms. The predicted molar refractivity (Wildman–Crippen MR) is 94.7 cm³/mol. The summed E-state index contributed by atoms with van der Waals surface area (Å²) in [7, 11) is 1.53. The number of carbonyl (C=O) groups is 2. The Morgan fingerprint density at radius 3 is 2.42 bits per heavy atom. The lowest BCUT2D eigenvalue weighted by Gasteiger charge is -2.08. The molecular formula is C18H16N4O4. The van der Waals surface area contributed by atoms with E-state index < -0.39 is 11.8 Å². The van der Waals surface area contributed by atoms with E-state index in [1.54, 1.807) is 48.5 Å². The first-order valence-electron chi connectivity index (χ1n) is 7.78. The lowest BCUT2D eigenvalue weighted by molar-refractivity contribution is -0.121. The highest BCUT2D eigenvalue weighted by atomic mass is 16.5. The summed E-state index contributed by atoms with van der Waals surface area (Å²) in [6, 6.07) is 13.3. The summed E-state index contributed by atoms with van der Waals surface area (Å²) in [6.45, 7) is 0. The van der Waals surface area contributed by atoms with Crippen molar-refractivity contribution in [2.24, 2.45) is 0 Å². The summed E-state index contributed by atoms with van der Waals surface area (Å²) >= 11 is 0. The van der Waals surface area contributed by atoms with Gasteiger partial charge in [0.05, 0.1) is 24.6 Å². The van der Waals surface area contributed by atoms with Crippen LogP contribution in [0.5, 0.6) is 5.75 Å². The van der Waals surface area contributed by atoms with Crippen LogP contribution in [-0.2, 0) is 11.2 Å². The van der Waals surface area contributed by atoms with Crippen molar-refractivity contribution in [1.29, 1.82) is 0 Å². The maximum absolute atomic E-state index is 12.1. The molecule has 0 radical (unpaired) electrons. The first-order chi connectivity index (χ1) is 12.6. The number of ether oxygens (including phenoxy) is 1. The number of H-pyrrole nitrogens is 1. The minimum absolute atomic E-state index is 0.0970. The molecule has 0 aliphatic heterocycles. The van der Waals surface area contributed by atoms with Gasteiger partial charge in [-0.05, 0) is 30.3 Å². The number of hydrazine groups is 1. The number of methoxy groups -OCH3 is 1. The number of hydrogen-bond donors (Lipinski definition) is 3. The van der Waals surface area contributed by atoms with E-state index in [-0.39, 0.29) is 12.0 Å². The van der Waals surface area contributed by atoms with E-state index in [9.17, 15) is 14.4 Å². The van der Waals surface area contributed by atoms with Gasteiger partial charge in [-0.25, -0.2) is 5.10 Å². The fraction of sp³-hybridized carbons (Fsp3) is 0.111. The molecule has 1 aromatic heterocycles. The highest BCUT2D eigenvalue weighted by Gasteiger charge is 2.12. The van der Waals surface area contributed by atoms with Gasteiger partial charge in [-0.15, -0.1) is 0 Å². The first-order valence-corrected chi connectivity index (χ1v) is 7.78. The van der Waals surface area contributed by atoms with Crippen LogP contribution in [0.3, 0.4) is 0 Å². The second-order valence-corrected chi connectivity index (χ2v) is 5.45. The Balaban J connectivity index is 1.65. The first kappa shape index (κ1) is 17.2. The minimum atomic E-state index is -0.462. The molecule has 0 saturated carbocycles. The number of amides is 2. The van der Waals surface area contributed by atoms with E-state index >= 15 is 0 Å². The van der Waals surface area contributed by atoms with Crippen LogP contribution in [0.4, 0.5) is 0 Å². The van der Waals surface area contributed by atoms with E-state index in [1.807, 2.05) is 0 Å². The highest BCUT2D eigenvalue weighted by Crippen LogP contribution is 2.13. The van der Waals surface area contributed by atoms with Crippen LogP contribution in [-0.4, -0.2) is 29.1 Å². The normalized spacial score (nSPS) is 10.3. The summed E-state index contributed by atoms with van der Waals surface area (Å²) in [5.74, 6) is -0.293. The van der Waals surface area contributed by atoms with Crippen LogP contribution in [0.1, 0.15) is 16.1 Å². The van der Waals surface area contributed by atoms with Crippen LogP contribution < -0.4 is 21.1 Å². The number of hydrogen-bond acceptors (Lipinski definition) is 5. The summed E-state index contributed by atoms with van der Waals surface area (Å²) in [5, 5.41) is 7.33. The van der Waals surface area contributed by atoms with Crippen molar-refractivity contribution in [1.82, 2.24) is 21.0 Å². The number of aromatic nitrogens is 2. The van der Waals surface area contributed by atoms with Gasteiger partial charge in [-0.3, -0.25) is 25.2 Å². The maximum atomic E-state index is 12.1. The van der Waals surface area contributed by atoms with E-state index in [0.717, 1.165) is 0 Å². The Hall–Kier alpha value is -3.68. The van der Waals surface area contributed by atoms with Gasteiger partial charge in [0.1, 0.15) is 5.75 Å². The average molecular weight is 352 g/mol. The molecular weight excluding hydrogens is 336 g/mol. The summed E-state index contributed by atoms with van der Waals surface area (Å²) < 4.78 is 5.02. The summed E-state index contributed by atoms with van der Waals surface area (Å²) in [6.07, 6.45) is -0.0970. The molecule has 8 heteroatoms. The number of benzene rings is 2. The smallest absolute Gasteiger partial charge is 0.272 e. The molecule has 2 amide bonds. The van der Waals surface area contributed by atoms with Gasteiger partial charge in [0.15, 0.2) is 0 Å². The van der Waals surface area contributed by atoms with Crippen molar-refractivity contribution in [3.63, 3.8) is 0 Å². The fourth-order valence-electron chi connectivity index (χ4n) is 2.44. The largest absolute Gasteiger partial charge is 0.497 e. The van der Waals surface area contributed by atoms with Gasteiger partial charge in [0.2, 0.25) is 5.91 Å². The lowest BCUT2D eigenvalue weighted by atomic mass is 10.1. The summed E-state index contributed by atoms with van der Waals surface area (Å²) in [5.41, 5.74) is 5.14. The summed E-state index contributed by atoms with van der Waals surface area (Å²) in [4.78, 5) is 35.9. The van der Waals surface area contributed by atoms with Crippen molar-refractivity contribution >= 4 is 22.6 Å². The number of nitrogens with zero attached hydrogens (tertiary/aromatic N) is 1. The number of aromatic amines is 1. The Bertz CT molecular complexity index is 1010. The number of carbonyl (C=O) groups excluding carboxylic acids is 2. The lowest BCUT2D eigenvalue weighted by Crippen LogP contribution is -2.42. The number of nitrogens with one attached hydrogen (secondary N) is 3. The van der Waals surface area contributed by atoms with Gasteiger partial charge in [-0.1, -0.05) is 18.2 Å². The van der Waals surface area contributed by atoms with E-state index in [2.05, 4.69) is 21.0 Å². The third kappa shape index (κ3) is 3.69. The Morgan fingerprint density at radius 2 is 1.73 bits per heavy atom. The monoisotopic (exact) mass is 352 g/mol. The molecule has 3 rings (SSSR count). The van der Waals surface area contributed by atoms with Crippen molar-refractivity contribution in [2.45, 2.75) is 6.42 Å². The van der Waals surface area contributed by atoms with Gasteiger partial charge in [0, 0.05) is 10.9 Å². The zero-order chi connectivity index (χ0) is 18.5. The van der Waals surface area contributed by atoms with Gasteiger partial charge in [-0.2, -0.15) is 5.10 Å². The Kier molecular flexibility index (Phi) is 4.93. The molecule has 0 saturated heterocycles. The molecule has 0 fully saturated rings. The highest BCUT2D eigenvalue weighted by molar-refractivity contribution is 5.96. The molecule has 0 atom stereocenters. The Morgan fingerprint density at radius 1 is 1.04 bits per heavy atom. The van der Waals surface area contributed by atoms with Crippen molar-refractivity contribution in [3.05, 3.63) is 70.1 Å². The van der Waals surface area contributed by atoms with Crippen molar-refractivity contribution < 1.29 is 14.3 Å². The van der Waals surface area contributed by atoms with Crippen LogP contribution >= 0.6 is 0 Å². The van der Waals surface area contributed by atoms with Crippen LogP contribution in [0.15, 0.2) is 53.3 Å². The zero-order valence-corrected chi connectivity index (χ0v) is 13.9. The molecule has 132 valence electrons. The van der Waals surface area contributed by atoms with Crippen LogP contribution in [0.2, 0.25) is 0 Å². The molecule has 0 spiro atoms. The van der Waals surface area contributed by atoms with Crippen LogP contribution in [0, 0.1) is 0 Å². The molecule has 0 aliphatic rings. The predicted octanol–water partition coefficient (Wildman–Crippen LogP) is 0.935. The quantitative estimate of drug-likeness (QED) is 0.605. The fourth-order valence-corrected chi connectivity index (χ4v) is 2.44. The molecule has 0 unspecified atom stereocenters. The number of fused-ring (bicyclic) bond motifs is 1. The third-order valence-corrected chi connectivity index (χ3v) is 3.77. The molecule has 2 aromatic carbocycles.